The van der Waals surface area contributed by atoms with Crippen molar-refractivity contribution in [2.75, 3.05) is 0 Å². The smallest absolute Gasteiger partial charge is 0.140 e. The number of carbonyl (C=O) groups is 1. The number of hydrogen-bond donors (Lipinski definition) is 1. The number of thiophene rings is 1. The van der Waals surface area contributed by atoms with Crippen molar-refractivity contribution in [1.82, 2.24) is 0 Å². The number of hydrogen-bond acceptors (Lipinski definition) is 3. The van der Waals surface area contributed by atoms with Gasteiger partial charge in [-0.1, -0.05) is 31.5 Å². The van der Waals surface area contributed by atoms with E-state index in [1.165, 1.54) is 15.6 Å². The van der Waals surface area contributed by atoms with E-state index in [2.05, 4.69) is 17.5 Å². The van der Waals surface area contributed by atoms with Crippen LogP contribution in [0, 0.1) is 5.92 Å². The summed E-state index contributed by atoms with van der Waals surface area (Å²) in [5.41, 5.74) is 6.92. The molecule has 2 aromatic rings. The van der Waals surface area contributed by atoms with Gasteiger partial charge < -0.3 is 5.73 Å². The van der Waals surface area contributed by atoms with Crippen molar-refractivity contribution in [1.29, 1.82) is 0 Å². The van der Waals surface area contributed by atoms with Gasteiger partial charge in [-0.3, -0.25) is 4.79 Å². The molecule has 2 N–H and O–H groups in total. The highest BCUT2D eigenvalue weighted by molar-refractivity contribution is 7.17. The van der Waals surface area contributed by atoms with Crippen LogP contribution in [0.25, 0.3) is 10.1 Å². The average molecular weight is 289 g/mol. The van der Waals surface area contributed by atoms with E-state index in [0.29, 0.717) is 12.2 Å². The third-order valence-electron chi connectivity index (χ3n) is 3.77. The molecule has 0 radical (unpaired) electrons. The van der Waals surface area contributed by atoms with Gasteiger partial charge >= 0.3 is 0 Å². The summed E-state index contributed by atoms with van der Waals surface area (Å²) in [4.78, 5) is 12.3. The lowest BCUT2D eigenvalue weighted by atomic mass is 9.94. The van der Waals surface area contributed by atoms with Crippen molar-refractivity contribution in [2.24, 2.45) is 11.7 Å². The van der Waals surface area contributed by atoms with Crippen molar-refractivity contribution in [3.05, 3.63) is 35.2 Å². The Kier molecular flexibility index (Phi) is 5.32. The number of fused-ring (bicyclic) bond motifs is 1. The molecule has 0 bridgehead atoms. The van der Waals surface area contributed by atoms with Crippen LogP contribution in [0.1, 0.15) is 38.7 Å². The molecule has 20 heavy (non-hydrogen) atoms. The molecule has 0 saturated heterocycles. The minimum atomic E-state index is 0.132. The van der Waals surface area contributed by atoms with E-state index >= 15 is 0 Å². The molecule has 2 unspecified atom stereocenters. The quantitative estimate of drug-likeness (QED) is 0.831. The Morgan fingerprint density at radius 3 is 2.75 bits per heavy atom. The highest BCUT2D eigenvalue weighted by Crippen LogP contribution is 2.27. The van der Waals surface area contributed by atoms with E-state index < -0.39 is 0 Å². The zero-order valence-electron chi connectivity index (χ0n) is 12.3. The summed E-state index contributed by atoms with van der Waals surface area (Å²) in [6, 6.07) is 8.53. The van der Waals surface area contributed by atoms with Gasteiger partial charge in [0.2, 0.25) is 0 Å². The Balaban J connectivity index is 1.94. The highest BCUT2D eigenvalue weighted by atomic mass is 32.1. The summed E-state index contributed by atoms with van der Waals surface area (Å²) in [6.07, 6.45) is 3.54. The standard InChI is InChI=1S/C17H23NOS/c1-12(6-5-7-13(2)18)16(19)10-14-11-20-17-9-4-3-8-15(14)17/h3-4,8-9,11-13H,5-7,10,18H2,1-2H3. The summed E-state index contributed by atoms with van der Waals surface area (Å²) in [5, 5.41) is 3.35. The SMILES string of the molecule is CC(N)CCCC(C)C(=O)Cc1csc2ccccc12. The fourth-order valence-electron chi connectivity index (χ4n) is 2.44. The van der Waals surface area contributed by atoms with Gasteiger partial charge in [0, 0.05) is 23.1 Å². The zero-order valence-corrected chi connectivity index (χ0v) is 13.1. The molecule has 0 fully saturated rings. The number of Topliss-reactive ketones (excluding diaryl/α,β-unsaturated/α-hetero) is 1. The van der Waals surface area contributed by atoms with Crippen molar-refractivity contribution in [2.45, 2.75) is 45.6 Å². The van der Waals surface area contributed by atoms with E-state index in [0.717, 1.165) is 19.3 Å². The third-order valence-corrected chi connectivity index (χ3v) is 4.78. The van der Waals surface area contributed by atoms with Gasteiger partial charge in [0.25, 0.3) is 0 Å². The lowest BCUT2D eigenvalue weighted by molar-refractivity contribution is -0.121. The monoisotopic (exact) mass is 289 g/mol. The van der Waals surface area contributed by atoms with E-state index in [1.807, 2.05) is 26.0 Å². The van der Waals surface area contributed by atoms with Gasteiger partial charge in [0.15, 0.2) is 0 Å². The van der Waals surface area contributed by atoms with Crippen LogP contribution >= 0.6 is 11.3 Å². The van der Waals surface area contributed by atoms with Crippen molar-refractivity contribution in [3.8, 4) is 0 Å². The Morgan fingerprint density at radius 1 is 1.25 bits per heavy atom. The number of nitrogens with two attached hydrogens (primary N) is 1. The van der Waals surface area contributed by atoms with Crippen LogP contribution in [0.3, 0.4) is 0 Å². The normalized spacial score (nSPS) is 14.3. The van der Waals surface area contributed by atoms with Gasteiger partial charge in [-0.05, 0) is 42.2 Å². The first-order valence-corrected chi connectivity index (χ1v) is 8.19. The fraction of sp³-hybridized carbons (Fsp3) is 0.471. The molecule has 0 aliphatic heterocycles. The number of carbonyl (C=O) groups excluding carboxylic acids is 1. The van der Waals surface area contributed by atoms with E-state index in [4.69, 9.17) is 5.73 Å². The molecule has 1 aromatic carbocycles. The van der Waals surface area contributed by atoms with E-state index in [1.54, 1.807) is 11.3 Å². The summed E-state index contributed by atoms with van der Waals surface area (Å²) in [7, 11) is 0. The van der Waals surface area contributed by atoms with Crippen LogP contribution < -0.4 is 5.73 Å². The largest absolute Gasteiger partial charge is 0.328 e. The molecule has 0 aliphatic rings. The van der Waals surface area contributed by atoms with Crippen molar-refractivity contribution in [3.63, 3.8) is 0 Å². The fourth-order valence-corrected chi connectivity index (χ4v) is 3.40. The maximum absolute atomic E-state index is 12.3. The number of rotatable bonds is 7. The van der Waals surface area contributed by atoms with Gasteiger partial charge in [-0.25, -0.2) is 0 Å². The maximum atomic E-state index is 12.3. The summed E-state index contributed by atoms with van der Waals surface area (Å²) >= 11 is 1.72. The van der Waals surface area contributed by atoms with Gasteiger partial charge in [-0.15, -0.1) is 11.3 Å². The summed E-state index contributed by atoms with van der Waals surface area (Å²) in [5.74, 6) is 0.477. The molecule has 1 heterocycles. The number of ketones is 1. The van der Waals surface area contributed by atoms with Gasteiger partial charge in [0.05, 0.1) is 0 Å². The van der Waals surface area contributed by atoms with Crippen LogP contribution in [0.2, 0.25) is 0 Å². The second kappa shape index (κ2) is 7.00. The summed E-state index contributed by atoms with van der Waals surface area (Å²) < 4.78 is 1.26. The zero-order chi connectivity index (χ0) is 14.5. The first-order chi connectivity index (χ1) is 9.58. The molecule has 0 spiro atoms. The summed E-state index contributed by atoms with van der Waals surface area (Å²) in [6.45, 7) is 4.06. The van der Waals surface area contributed by atoms with Crippen LogP contribution in [0.5, 0.6) is 0 Å². The number of benzene rings is 1. The third kappa shape index (κ3) is 3.90. The average Bonchev–Trinajstić information content (AvgIpc) is 2.81. The Labute approximate surface area is 125 Å². The molecule has 0 aliphatic carbocycles. The van der Waals surface area contributed by atoms with Crippen LogP contribution in [-0.2, 0) is 11.2 Å². The molecule has 3 heteroatoms. The first kappa shape index (κ1) is 15.2. The van der Waals surface area contributed by atoms with Crippen molar-refractivity contribution < 1.29 is 4.79 Å². The molecule has 2 nitrogen and oxygen atoms in total. The Bertz CT molecular complexity index is 573. The van der Waals surface area contributed by atoms with E-state index in [-0.39, 0.29) is 12.0 Å². The minimum Gasteiger partial charge on any atom is -0.328 e. The lowest BCUT2D eigenvalue weighted by Gasteiger charge is -2.11. The van der Waals surface area contributed by atoms with Crippen molar-refractivity contribution >= 4 is 27.2 Å². The minimum absolute atomic E-state index is 0.132. The molecular weight excluding hydrogens is 266 g/mol. The predicted molar refractivity (Wildman–Crippen MR) is 87.2 cm³/mol. The molecule has 2 atom stereocenters. The van der Waals surface area contributed by atoms with Gasteiger partial charge in [0.1, 0.15) is 5.78 Å². The molecule has 0 amide bonds. The first-order valence-electron chi connectivity index (χ1n) is 7.31. The molecule has 108 valence electrons. The second-order valence-electron chi connectivity index (χ2n) is 5.71. The van der Waals surface area contributed by atoms with Gasteiger partial charge in [-0.2, -0.15) is 0 Å². The lowest BCUT2D eigenvalue weighted by Crippen LogP contribution is -2.17. The highest BCUT2D eigenvalue weighted by Gasteiger charge is 2.15. The molecule has 0 saturated carbocycles. The van der Waals surface area contributed by atoms with E-state index in [9.17, 15) is 4.79 Å². The molecular formula is C17H23NOS. The van der Waals surface area contributed by atoms with Crippen LogP contribution in [0.15, 0.2) is 29.6 Å². The second-order valence-corrected chi connectivity index (χ2v) is 6.62. The molecule has 1 aromatic heterocycles. The maximum Gasteiger partial charge on any atom is 0.140 e. The van der Waals surface area contributed by atoms with Crippen LogP contribution in [0.4, 0.5) is 0 Å². The topological polar surface area (TPSA) is 43.1 Å². The Hall–Kier alpha value is -1.19. The molecule has 2 rings (SSSR count). The van der Waals surface area contributed by atoms with Crippen LogP contribution in [-0.4, -0.2) is 11.8 Å². The Morgan fingerprint density at radius 2 is 2.00 bits per heavy atom. The predicted octanol–water partition coefficient (Wildman–Crippen LogP) is 4.17.